The zero-order valence-electron chi connectivity index (χ0n) is 20.0. The zero-order valence-corrected chi connectivity index (χ0v) is 20.8. The maximum atomic E-state index is 11.5. The Morgan fingerprint density at radius 1 is 0.971 bits per heavy atom. The molecule has 0 aromatic carbocycles. The average Bonchev–Trinajstić information content (AvgIpc) is 3.37. The van der Waals surface area contributed by atoms with Crippen molar-refractivity contribution in [3.05, 3.63) is 18.2 Å². The summed E-state index contributed by atoms with van der Waals surface area (Å²) in [5.74, 6) is 1.39. The number of piperidine rings is 1. The summed E-state index contributed by atoms with van der Waals surface area (Å²) in [5, 5.41) is 4.10. The molecule has 0 radical (unpaired) electrons. The highest BCUT2D eigenvalue weighted by atomic mass is 32.2. The summed E-state index contributed by atoms with van der Waals surface area (Å²) in [6.45, 7) is 4.15. The molecule has 2 saturated heterocycles. The summed E-state index contributed by atoms with van der Waals surface area (Å²) in [6.07, 6.45) is 12.2. The number of aromatic nitrogens is 4. The lowest BCUT2D eigenvalue weighted by atomic mass is 9.93. The summed E-state index contributed by atoms with van der Waals surface area (Å²) in [4.78, 5) is 15.0. The average molecular weight is 492 g/mol. The molecule has 1 saturated carbocycles. The van der Waals surface area contributed by atoms with Crippen molar-refractivity contribution in [1.29, 1.82) is 0 Å². The van der Waals surface area contributed by atoms with Crippen molar-refractivity contribution in [3.8, 4) is 5.88 Å². The maximum Gasteiger partial charge on any atom is 0.324 e. The zero-order chi connectivity index (χ0) is 23.9. The van der Waals surface area contributed by atoms with Crippen molar-refractivity contribution < 1.29 is 22.4 Å². The minimum absolute atomic E-state index is 0.0450. The van der Waals surface area contributed by atoms with Gasteiger partial charge in [-0.3, -0.25) is 0 Å². The van der Waals surface area contributed by atoms with Crippen molar-refractivity contribution in [3.63, 3.8) is 0 Å². The van der Waals surface area contributed by atoms with Gasteiger partial charge in [0.1, 0.15) is 6.10 Å². The van der Waals surface area contributed by atoms with Gasteiger partial charge in [-0.1, -0.05) is 19.0 Å². The molecule has 11 heteroatoms. The standard InChI is InChI=1S/C23H33N5O5S/c1-14(2)22-26-23(33-27-22)28-15-4-5-16(28)11-19(10-15)31-17-6-8-18(9-7-17)32-20-12-25-21(13-24-20)34(3,29)30/h12-19H,4-11H2,1-3H3/t15-,16-,17?,18?/m1/s1. The second-order valence-corrected chi connectivity index (χ2v) is 12.1. The number of hydrogen-bond donors (Lipinski definition) is 0. The van der Waals surface area contributed by atoms with Crippen LogP contribution >= 0.6 is 0 Å². The molecule has 2 aromatic rings. The van der Waals surface area contributed by atoms with Crippen LogP contribution in [-0.2, 0) is 14.6 Å². The molecular formula is C23H33N5O5S. The molecule has 0 amide bonds. The van der Waals surface area contributed by atoms with Crippen molar-refractivity contribution >= 4 is 15.9 Å². The maximum absolute atomic E-state index is 11.5. The van der Waals surface area contributed by atoms with Crippen LogP contribution in [0.4, 0.5) is 6.01 Å². The molecule has 2 bridgehead atoms. The van der Waals surface area contributed by atoms with E-state index in [1.54, 1.807) is 0 Å². The third-order valence-corrected chi connectivity index (χ3v) is 8.11. The summed E-state index contributed by atoms with van der Waals surface area (Å²) in [7, 11) is -3.36. The van der Waals surface area contributed by atoms with E-state index in [0.717, 1.165) is 63.4 Å². The van der Waals surface area contributed by atoms with Crippen LogP contribution in [0.25, 0.3) is 0 Å². The van der Waals surface area contributed by atoms with Crippen LogP contribution in [0.1, 0.15) is 77.0 Å². The molecule has 3 fully saturated rings. The van der Waals surface area contributed by atoms with Crippen LogP contribution < -0.4 is 9.64 Å². The van der Waals surface area contributed by atoms with E-state index in [1.165, 1.54) is 12.4 Å². The minimum atomic E-state index is -3.36. The van der Waals surface area contributed by atoms with Crippen molar-refractivity contribution in [2.24, 2.45) is 0 Å². The van der Waals surface area contributed by atoms with E-state index in [1.807, 2.05) is 0 Å². The normalized spacial score (nSPS) is 29.5. The Bertz CT molecular complexity index is 1070. The monoisotopic (exact) mass is 491 g/mol. The van der Waals surface area contributed by atoms with Gasteiger partial charge in [0.05, 0.1) is 24.6 Å². The van der Waals surface area contributed by atoms with Crippen molar-refractivity contribution in [2.75, 3.05) is 11.2 Å². The number of rotatable bonds is 7. The molecule has 2 aromatic heterocycles. The lowest BCUT2D eigenvalue weighted by molar-refractivity contribution is -0.0589. The highest BCUT2D eigenvalue weighted by molar-refractivity contribution is 7.90. The minimum Gasteiger partial charge on any atom is -0.473 e. The summed E-state index contributed by atoms with van der Waals surface area (Å²) in [6, 6.07) is 1.47. The molecule has 1 aliphatic carbocycles. The molecule has 10 nitrogen and oxygen atoms in total. The number of fused-ring (bicyclic) bond motifs is 2. The summed E-state index contributed by atoms with van der Waals surface area (Å²) >= 11 is 0. The fourth-order valence-corrected chi connectivity index (χ4v) is 5.89. The molecule has 4 heterocycles. The predicted molar refractivity (Wildman–Crippen MR) is 124 cm³/mol. The molecular weight excluding hydrogens is 458 g/mol. The summed E-state index contributed by atoms with van der Waals surface area (Å²) in [5.41, 5.74) is 0. The van der Waals surface area contributed by atoms with Crippen LogP contribution in [-0.4, -0.2) is 65.2 Å². The van der Waals surface area contributed by atoms with Gasteiger partial charge in [0, 0.05) is 24.3 Å². The van der Waals surface area contributed by atoms with Gasteiger partial charge >= 0.3 is 6.01 Å². The first-order valence-electron chi connectivity index (χ1n) is 12.2. The van der Waals surface area contributed by atoms with E-state index >= 15 is 0 Å². The second-order valence-electron chi connectivity index (χ2n) is 10.1. The van der Waals surface area contributed by atoms with Gasteiger partial charge < -0.3 is 18.9 Å². The molecule has 3 aliphatic rings. The lowest BCUT2D eigenvalue weighted by Crippen LogP contribution is -2.47. The Hall–Kier alpha value is -2.27. The number of ether oxygens (including phenoxy) is 2. The third-order valence-electron chi connectivity index (χ3n) is 7.14. The lowest BCUT2D eigenvalue weighted by Gasteiger charge is -2.39. The van der Waals surface area contributed by atoms with E-state index in [-0.39, 0.29) is 29.3 Å². The Morgan fingerprint density at radius 3 is 2.21 bits per heavy atom. The largest absolute Gasteiger partial charge is 0.473 e. The van der Waals surface area contributed by atoms with Gasteiger partial charge in [0.15, 0.2) is 20.7 Å². The molecule has 0 unspecified atom stereocenters. The fourth-order valence-electron chi connectivity index (χ4n) is 5.40. The molecule has 186 valence electrons. The van der Waals surface area contributed by atoms with Gasteiger partial charge in [-0.25, -0.2) is 18.4 Å². The first-order valence-corrected chi connectivity index (χ1v) is 14.1. The number of nitrogens with zero attached hydrogens (tertiary/aromatic N) is 5. The molecule has 0 spiro atoms. The van der Waals surface area contributed by atoms with Gasteiger partial charge in [-0.05, 0) is 51.4 Å². The topological polar surface area (TPSA) is 121 Å². The van der Waals surface area contributed by atoms with Gasteiger partial charge in [-0.2, -0.15) is 4.98 Å². The van der Waals surface area contributed by atoms with E-state index in [4.69, 9.17) is 14.0 Å². The van der Waals surface area contributed by atoms with Crippen LogP contribution in [0, 0.1) is 0 Å². The van der Waals surface area contributed by atoms with Gasteiger partial charge in [0.25, 0.3) is 0 Å². The number of sulfone groups is 1. The first kappa shape index (κ1) is 23.5. The van der Waals surface area contributed by atoms with Crippen LogP contribution in [0.5, 0.6) is 5.88 Å². The van der Waals surface area contributed by atoms with Crippen molar-refractivity contribution in [2.45, 2.75) is 107 Å². The number of anilines is 1. The van der Waals surface area contributed by atoms with E-state index in [2.05, 4.69) is 38.9 Å². The molecule has 2 atom stereocenters. The van der Waals surface area contributed by atoms with E-state index < -0.39 is 9.84 Å². The van der Waals surface area contributed by atoms with Crippen molar-refractivity contribution in [1.82, 2.24) is 20.1 Å². The first-order chi connectivity index (χ1) is 16.3. The Morgan fingerprint density at radius 2 is 1.65 bits per heavy atom. The van der Waals surface area contributed by atoms with Gasteiger partial charge in [-0.15, -0.1) is 0 Å². The van der Waals surface area contributed by atoms with E-state index in [0.29, 0.717) is 24.0 Å². The fraction of sp³-hybridized carbons (Fsp3) is 0.739. The predicted octanol–water partition coefficient (Wildman–Crippen LogP) is 3.29. The quantitative estimate of drug-likeness (QED) is 0.570. The molecule has 0 N–H and O–H groups in total. The number of hydrogen-bond acceptors (Lipinski definition) is 10. The van der Waals surface area contributed by atoms with Crippen LogP contribution in [0.2, 0.25) is 0 Å². The Kier molecular flexibility index (Phi) is 6.49. The molecule has 2 aliphatic heterocycles. The highest BCUT2D eigenvalue weighted by Crippen LogP contribution is 2.41. The smallest absolute Gasteiger partial charge is 0.324 e. The SMILES string of the molecule is CC(C)c1noc(N2[C@@H]3CC[C@@H]2CC(OC2CCC(Oc4cnc(S(C)(=O)=O)cn4)CC2)C3)n1. The highest BCUT2D eigenvalue weighted by Gasteiger charge is 2.44. The van der Waals surface area contributed by atoms with E-state index in [9.17, 15) is 8.42 Å². The van der Waals surface area contributed by atoms with Crippen LogP contribution in [0.3, 0.4) is 0 Å². The Labute approximate surface area is 200 Å². The Balaban J connectivity index is 1.10. The third kappa shape index (κ3) is 5.05. The molecule has 5 rings (SSSR count). The molecule has 34 heavy (non-hydrogen) atoms. The summed E-state index contributed by atoms with van der Waals surface area (Å²) < 4.78 is 41.1. The second kappa shape index (κ2) is 9.41. The van der Waals surface area contributed by atoms with Gasteiger partial charge in [0.2, 0.25) is 5.88 Å². The van der Waals surface area contributed by atoms with Crippen LogP contribution in [0.15, 0.2) is 21.9 Å².